The van der Waals surface area contributed by atoms with E-state index in [1.54, 1.807) is 0 Å². The minimum Gasteiger partial charge on any atom is -0.341 e. The molecule has 0 radical (unpaired) electrons. The molecule has 0 spiro atoms. The maximum atomic E-state index is 12.4. The van der Waals surface area contributed by atoms with Crippen molar-refractivity contribution in [2.75, 3.05) is 20.1 Å². The van der Waals surface area contributed by atoms with Crippen LogP contribution < -0.4 is 5.32 Å². The van der Waals surface area contributed by atoms with Crippen LogP contribution in [0.15, 0.2) is 30.3 Å². The van der Waals surface area contributed by atoms with Crippen molar-refractivity contribution in [3.63, 3.8) is 0 Å². The lowest BCUT2D eigenvalue weighted by atomic mass is 10.0. The van der Waals surface area contributed by atoms with Gasteiger partial charge in [-0.3, -0.25) is 4.79 Å². The standard InChI is InChI=1S/C15H22N2O/c1-16-14(12-13-8-4-2-5-9-13)15(18)17-10-6-3-7-11-17/h2,4-5,8-9,14,16H,3,6-7,10-12H2,1H3. The van der Waals surface area contributed by atoms with Crippen LogP contribution in [0.5, 0.6) is 0 Å². The molecule has 1 aromatic carbocycles. The number of nitrogens with one attached hydrogen (secondary N) is 1. The number of hydrogen-bond acceptors (Lipinski definition) is 2. The van der Waals surface area contributed by atoms with Gasteiger partial charge in [-0.1, -0.05) is 30.3 Å². The van der Waals surface area contributed by atoms with Crippen LogP contribution in [0.4, 0.5) is 0 Å². The Bertz CT molecular complexity index is 371. The number of amides is 1. The van der Waals surface area contributed by atoms with E-state index in [2.05, 4.69) is 17.4 Å². The molecule has 18 heavy (non-hydrogen) atoms. The maximum absolute atomic E-state index is 12.4. The molecule has 1 aromatic rings. The van der Waals surface area contributed by atoms with E-state index < -0.39 is 0 Å². The minimum atomic E-state index is -0.0921. The Morgan fingerprint density at radius 1 is 1.22 bits per heavy atom. The fourth-order valence-corrected chi connectivity index (χ4v) is 2.50. The van der Waals surface area contributed by atoms with Gasteiger partial charge in [-0.25, -0.2) is 0 Å². The zero-order chi connectivity index (χ0) is 12.8. The molecule has 1 unspecified atom stereocenters. The summed E-state index contributed by atoms with van der Waals surface area (Å²) in [6.45, 7) is 1.84. The van der Waals surface area contributed by atoms with Gasteiger partial charge in [0.2, 0.25) is 5.91 Å². The molecule has 3 heteroatoms. The van der Waals surface area contributed by atoms with Gasteiger partial charge in [-0.05, 0) is 38.3 Å². The molecular weight excluding hydrogens is 224 g/mol. The van der Waals surface area contributed by atoms with E-state index in [9.17, 15) is 4.79 Å². The third-order valence-corrected chi connectivity index (χ3v) is 3.60. The van der Waals surface area contributed by atoms with Gasteiger partial charge in [0.15, 0.2) is 0 Å². The highest BCUT2D eigenvalue weighted by Gasteiger charge is 2.24. The number of carbonyl (C=O) groups is 1. The molecule has 0 saturated carbocycles. The Hall–Kier alpha value is -1.35. The number of benzene rings is 1. The van der Waals surface area contributed by atoms with E-state index in [4.69, 9.17) is 0 Å². The Morgan fingerprint density at radius 3 is 2.50 bits per heavy atom. The second-order valence-electron chi connectivity index (χ2n) is 4.92. The van der Waals surface area contributed by atoms with Crippen LogP contribution in [0.3, 0.4) is 0 Å². The van der Waals surface area contributed by atoms with Crippen LogP contribution in [-0.4, -0.2) is 37.0 Å². The molecule has 0 aromatic heterocycles. The summed E-state index contributed by atoms with van der Waals surface area (Å²) in [7, 11) is 1.87. The van der Waals surface area contributed by atoms with Crippen molar-refractivity contribution >= 4 is 5.91 Å². The topological polar surface area (TPSA) is 32.3 Å². The summed E-state index contributed by atoms with van der Waals surface area (Å²) in [5.74, 6) is 0.251. The number of carbonyl (C=O) groups excluding carboxylic acids is 1. The lowest BCUT2D eigenvalue weighted by Gasteiger charge is -2.30. The van der Waals surface area contributed by atoms with E-state index in [1.165, 1.54) is 12.0 Å². The third-order valence-electron chi connectivity index (χ3n) is 3.60. The molecule has 3 nitrogen and oxygen atoms in total. The van der Waals surface area contributed by atoms with E-state index in [0.29, 0.717) is 0 Å². The molecular formula is C15H22N2O. The molecule has 1 N–H and O–H groups in total. The first kappa shape index (κ1) is 13.1. The third kappa shape index (κ3) is 3.33. The first-order chi connectivity index (χ1) is 8.81. The molecule has 1 aliphatic heterocycles. The summed E-state index contributed by atoms with van der Waals surface area (Å²) in [5.41, 5.74) is 1.21. The first-order valence-electron chi connectivity index (χ1n) is 6.81. The Morgan fingerprint density at radius 2 is 1.89 bits per heavy atom. The fraction of sp³-hybridized carbons (Fsp3) is 0.533. The van der Waals surface area contributed by atoms with Crippen molar-refractivity contribution in [1.29, 1.82) is 0 Å². The Kier molecular flexibility index (Phi) is 4.76. The number of piperidine rings is 1. The van der Waals surface area contributed by atoms with Crippen LogP contribution in [0.2, 0.25) is 0 Å². The summed E-state index contributed by atoms with van der Waals surface area (Å²) in [6, 6.07) is 10.1. The molecule has 1 atom stereocenters. The molecule has 1 saturated heterocycles. The summed E-state index contributed by atoms with van der Waals surface area (Å²) in [4.78, 5) is 14.4. The smallest absolute Gasteiger partial charge is 0.240 e. The van der Waals surface area contributed by atoms with Crippen molar-refractivity contribution in [1.82, 2.24) is 10.2 Å². The molecule has 1 aliphatic rings. The molecule has 1 fully saturated rings. The Balaban J connectivity index is 1.97. The van der Waals surface area contributed by atoms with Gasteiger partial charge in [0, 0.05) is 13.1 Å². The summed E-state index contributed by atoms with van der Waals surface area (Å²) >= 11 is 0. The van der Waals surface area contributed by atoms with Crippen LogP contribution in [0.1, 0.15) is 24.8 Å². The van der Waals surface area contributed by atoms with E-state index >= 15 is 0 Å². The first-order valence-corrected chi connectivity index (χ1v) is 6.81. The van der Waals surface area contributed by atoms with Crippen LogP contribution in [-0.2, 0) is 11.2 Å². The highest BCUT2D eigenvalue weighted by atomic mass is 16.2. The monoisotopic (exact) mass is 246 g/mol. The van der Waals surface area contributed by atoms with Crippen molar-refractivity contribution in [3.05, 3.63) is 35.9 Å². The molecule has 1 amide bonds. The van der Waals surface area contributed by atoms with Gasteiger partial charge in [0.05, 0.1) is 6.04 Å². The van der Waals surface area contributed by atoms with Crippen molar-refractivity contribution in [3.8, 4) is 0 Å². The van der Waals surface area contributed by atoms with Crippen LogP contribution in [0.25, 0.3) is 0 Å². The van der Waals surface area contributed by atoms with Gasteiger partial charge < -0.3 is 10.2 Å². The zero-order valence-electron chi connectivity index (χ0n) is 11.1. The summed E-state index contributed by atoms with van der Waals surface area (Å²) < 4.78 is 0. The van der Waals surface area contributed by atoms with Crippen LogP contribution >= 0.6 is 0 Å². The van der Waals surface area contributed by atoms with Crippen molar-refractivity contribution in [2.24, 2.45) is 0 Å². The fourth-order valence-electron chi connectivity index (χ4n) is 2.50. The van der Waals surface area contributed by atoms with Crippen molar-refractivity contribution in [2.45, 2.75) is 31.7 Å². The largest absolute Gasteiger partial charge is 0.341 e. The second kappa shape index (κ2) is 6.55. The lowest BCUT2D eigenvalue weighted by molar-refractivity contribution is -0.134. The number of nitrogens with zero attached hydrogens (tertiary/aromatic N) is 1. The van der Waals surface area contributed by atoms with Gasteiger partial charge in [-0.2, -0.15) is 0 Å². The van der Waals surface area contributed by atoms with E-state index in [0.717, 1.165) is 32.4 Å². The quantitative estimate of drug-likeness (QED) is 0.879. The number of likely N-dealkylation sites (N-methyl/N-ethyl adjacent to an activating group) is 1. The SMILES string of the molecule is CNC(Cc1ccccc1)C(=O)N1CCCCC1. The molecule has 98 valence electrons. The highest BCUT2D eigenvalue weighted by Crippen LogP contribution is 2.12. The number of hydrogen-bond donors (Lipinski definition) is 1. The molecule has 1 heterocycles. The van der Waals surface area contributed by atoms with Gasteiger partial charge in [0.25, 0.3) is 0 Å². The van der Waals surface area contributed by atoms with Gasteiger partial charge in [-0.15, -0.1) is 0 Å². The minimum absolute atomic E-state index is 0.0921. The summed E-state index contributed by atoms with van der Waals surface area (Å²) in [5, 5.41) is 3.16. The number of rotatable bonds is 4. The van der Waals surface area contributed by atoms with Gasteiger partial charge in [0.1, 0.15) is 0 Å². The lowest BCUT2D eigenvalue weighted by Crippen LogP contribution is -2.48. The predicted octanol–water partition coefficient (Wildman–Crippen LogP) is 1.83. The maximum Gasteiger partial charge on any atom is 0.240 e. The molecule has 2 rings (SSSR count). The van der Waals surface area contributed by atoms with Gasteiger partial charge >= 0.3 is 0 Å². The van der Waals surface area contributed by atoms with E-state index in [-0.39, 0.29) is 11.9 Å². The average molecular weight is 246 g/mol. The summed E-state index contributed by atoms with van der Waals surface area (Å²) in [6.07, 6.45) is 4.32. The Labute approximate surface area is 109 Å². The molecule has 0 aliphatic carbocycles. The molecule has 0 bridgehead atoms. The van der Waals surface area contributed by atoms with E-state index in [1.807, 2.05) is 30.1 Å². The normalized spacial score (nSPS) is 17.5. The zero-order valence-corrected chi connectivity index (χ0v) is 11.1. The second-order valence-corrected chi connectivity index (χ2v) is 4.92. The van der Waals surface area contributed by atoms with Crippen molar-refractivity contribution < 1.29 is 4.79 Å². The number of likely N-dealkylation sites (tertiary alicyclic amines) is 1. The average Bonchev–Trinajstić information content (AvgIpc) is 2.46. The predicted molar refractivity (Wildman–Crippen MR) is 73.4 cm³/mol. The highest BCUT2D eigenvalue weighted by molar-refractivity contribution is 5.82. The van der Waals surface area contributed by atoms with Crippen LogP contribution in [0, 0.1) is 0 Å².